The molecule has 0 aliphatic heterocycles. The molecule has 0 bridgehead atoms. The largest absolute Gasteiger partial charge is 0.331 e. The maximum atomic E-state index is 13.4. The van der Waals surface area contributed by atoms with Gasteiger partial charge < -0.3 is 9.88 Å². The van der Waals surface area contributed by atoms with Crippen molar-refractivity contribution in [2.45, 2.75) is 19.9 Å². The van der Waals surface area contributed by atoms with Crippen molar-refractivity contribution in [2.75, 3.05) is 6.54 Å². The first-order chi connectivity index (χ1) is 16.4. The van der Waals surface area contributed by atoms with Crippen LogP contribution in [-0.4, -0.2) is 41.9 Å². The van der Waals surface area contributed by atoms with Crippen molar-refractivity contribution in [3.63, 3.8) is 0 Å². The summed E-state index contributed by atoms with van der Waals surface area (Å²) in [4.78, 5) is 53.7. The van der Waals surface area contributed by atoms with Crippen LogP contribution in [0.25, 0.3) is 32.5 Å². The molecule has 9 nitrogen and oxygen atoms in total. The van der Waals surface area contributed by atoms with Gasteiger partial charge in [0.15, 0.2) is 5.65 Å². The van der Waals surface area contributed by atoms with Crippen molar-refractivity contribution < 1.29 is 4.79 Å². The van der Waals surface area contributed by atoms with Crippen LogP contribution >= 0.6 is 11.3 Å². The van der Waals surface area contributed by atoms with E-state index in [2.05, 4.69) is 19.9 Å². The molecule has 0 atom stereocenters. The second kappa shape index (κ2) is 8.71. The van der Waals surface area contributed by atoms with Gasteiger partial charge in [0, 0.05) is 30.9 Å². The van der Waals surface area contributed by atoms with Crippen molar-refractivity contribution in [2.24, 2.45) is 7.05 Å². The molecule has 5 aromatic rings. The number of hydrogen-bond donors (Lipinski definition) is 2. The standard InChI is InChI=1S/C24H22N6O3S/c1-3-8-30(13-19-26-17-7-9-34-20(17)22(31)27-19)23(32)15-6-4-5-14(10-15)16-11-18-21(25-12-16)28-24(33)29(18)2/h4-7,9-12H,3,8,13H2,1-2H3,(H,25,28,33)(H,26,27,31). The Bertz CT molecular complexity index is 1640. The van der Waals surface area contributed by atoms with Crippen LogP contribution in [0.5, 0.6) is 0 Å². The number of pyridine rings is 1. The van der Waals surface area contributed by atoms with Crippen molar-refractivity contribution in [1.29, 1.82) is 0 Å². The quantitative estimate of drug-likeness (QED) is 0.392. The van der Waals surface area contributed by atoms with E-state index in [9.17, 15) is 14.4 Å². The molecule has 0 unspecified atom stereocenters. The Kier molecular flexibility index (Phi) is 5.58. The van der Waals surface area contributed by atoms with Crippen molar-refractivity contribution >= 4 is 38.6 Å². The minimum Gasteiger partial charge on any atom is -0.331 e. The highest BCUT2D eigenvalue weighted by molar-refractivity contribution is 7.17. The van der Waals surface area contributed by atoms with Crippen molar-refractivity contribution in [1.82, 2.24) is 29.4 Å². The Labute approximate surface area is 197 Å². The van der Waals surface area contributed by atoms with Crippen LogP contribution < -0.4 is 11.2 Å². The number of carbonyl (C=O) groups excluding carboxylic acids is 1. The minimum atomic E-state index is -0.230. The number of aryl methyl sites for hydroxylation is 1. The lowest BCUT2D eigenvalue weighted by atomic mass is 10.0. The van der Waals surface area contributed by atoms with E-state index in [1.807, 2.05) is 36.6 Å². The van der Waals surface area contributed by atoms with Crippen LogP contribution in [0.15, 0.2) is 57.6 Å². The summed E-state index contributed by atoms with van der Waals surface area (Å²) in [5.74, 6) is 0.303. The number of nitrogens with zero attached hydrogens (tertiary/aromatic N) is 4. The molecular formula is C24H22N6O3S. The Morgan fingerprint density at radius 1 is 1.15 bits per heavy atom. The van der Waals surface area contributed by atoms with Gasteiger partial charge in [-0.3, -0.25) is 19.1 Å². The molecule has 34 heavy (non-hydrogen) atoms. The maximum Gasteiger partial charge on any atom is 0.327 e. The van der Waals surface area contributed by atoms with Crippen LogP contribution in [-0.2, 0) is 13.6 Å². The summed E-state index contributed by atoms with van der Waals surface area (Å²) in [6.45, 7) is 2.72. The Morgan fingerprint density at radius 2 is 2.00 bits per heavy atom. The molecule has 1 amide bonds. The lowest BCUT2D eigenvalue weighted by molar-refractivity contribution is 0.0739. The van der Waals surface area contributed by atoms with E-state index < -0.39 is 0 Å². The first-order valence-corrected chi connectivity index (χ1v) is 11.7. The average molecular weight is 475 g/mol. The van der Waals surface area contributed by atoms with Gasteiger partial charge in [-0.05, 0) is 41.6 Å². The predicted molar refractivity (Wildman–Crippen MR) is 132 cm³/mol. The fourth-order valence-electron chi connectivity index (χ4n) is 3.97. The number of thiophene rings is 1. The fraction of sp³-hybridized carbons (Fsp3) is 0.208. The van der Waals surface area contributed by atoms with Gasteiger partial charge in [0.2, 0.25) is 0 Å². The molecule has 4 aromatic heterocycles. The highest BCUT2D eigenvalue weighted by atomic mass is 32.1. The summed E-state index contributed by atoms with van der Waals surface area (Å²) in [5, 5.41) is 1.83. The van der Waals surface area contributed by atoms with E-state index >= 15 is 0 Å². The summed E-state index contributed by atoms with van der Waals surface area (Å²) in [5.41, 5.74) is 3.55. The number of aromatic nitrogens is 5. The number of hydrogen-bond acceptors (Lipinski definition) is 6. The molecule has 0 aliphatic carbocycles. The van der Waals surface area contributed by atoms with E-state index in [1.54, 1.807) is 30.3 Å². The predicted octanol–water partition coefficient (Wildman–Crippen LogP) is 3.28. The third kappa shape index (κ3) is 3.92. The zero-order valence-electron chi connectivity index (χ0n) is 18.7. The van der Waals surface area contributed by atoms with Gasteiger partial charge in [-0.15, -0.1) is 11.3 Å². The first-order valence-electron chi connectivity index (χ1n) is 10.9. The molecule has 172 valence electrons. The molecule has 0 radical (unpaired) electrons. The molecule has 2 N–H and O–H groups in total. The highest BCUT2D eigenvalue weighted by Crippen LogP contribution is 2.23. The van der Waals surface area contributed by atoms with Gasteiger partial charge in [-0.1, -0.05) is 19.1 Å². The lowest BCUT2D eigenvalue weighted by Gasteiger charge is -2.22. The molecule has 10 heteroatoms. The van der Waals surface area contributed by atoms with Gasteiger partial charge in [0.1, 0.15) is 10.5 Å². The van der Waals surface area contributed by atoms with E-state index in [0.29, 0.717) is 39.3 Å². The Hall–Kier alpha value is -4.05. The molecular weight excluding hydrogens is 452 g/mol. The van der Waals surface area contributed by atoms with E-state index in [0.717, 1.165) is 17.5 Å². The lowest BCUT2D eigenvalue weighted by Crippen LogP contribution is -2.32. The second-order valence-corrected chi connectivity index (χ2v) is 8.95. The molecule has 0 fully saturated rings. The maximum absolute atomic E-state index is 13.4. The average Bonchev–Trinajstić information content (AvgIpc) is 3.43. The second-order valence-electron chi connectivity index (χ2n) is 8.04. The summed E-state index contributed by atoms with van der Waals surface area (Å²) in [6, 6.07) is 11.0. The molecule has 4 heterocycles. The van der Waals surface area contributed by atoms with Crippen molar-refractivity contribution in [3.05, 3.63) is 80.2 Å². The zero-order valence-corrected chi connectivity index (χ0v) is 19.5. The van der Waals surface area contributed by atoms with Crippen LogP contribution in [0, 0.1) is 0 Å². The molecule has 0 saturated carbocycles. The van der Waals surface area contributed by atoms with E-state index in [4.69, 9.17) is 0 Å². The highest BCUT2D eigenvalue weighted by Gasteiger charge is 2.18. The smallest absolute Gasteiger partial charge is 0.327 e. The number of rotatable bonds is 6. The number of nitrogens with one attached hydrogen (secondary N) is 2. The number of H-pyrrole nitrogens is 2. The molecule has 5 rings (SSSR count). The third-order valence-corrected chi connectivity index (χ3v) is 6.59. The monoisotopic (exact) mass is 474 g/mol. The van der Waals surface area contributed by atoms with E-state index in [1.165, 1.54) is 15.9 Å². The van der Waals surface area contributed by atoms with Gasteiger partial charge in [0.05, 0.1) is 17.6 Å². The number of fused-ring (bicyclic) bond motifs is 2. The van der Waals surface area contributed by atoms with Crippen LogP contribution in [0.1, 0.15) is 29.5 Å². The Balaban J connectivity index is 1.46. The summed E-state index contributed by atoms with van der Waals surface area (Å²) < 4.78 is 2.08. The normalized spacial score (nSPS) is 11.4. The van der Waals surface area contributed by atoms with Gasteiger partial charge in [-0.25, -0.2) is 14.8 Å². The van der Waals surface area contributed by atoms with Crippen molar-refractivity contribution in [3.8, 4) is 11.1 Å². The zero-order chi connectivity index (χ0) is 23.8. The number of amides is 1. The van der Waals surface area contributed by atoms with Gasteiger partial charge >= 0.3 is 5.69 Å². The summed E-state index contributed by atoms with van der Waals surface area (Å²) in [6.07, 6.45) is 2.44. The number of aromatic amines is 2. The number of imidazole rings is 1. The topological polar surface area (TPSA) is 117 Å². The van der Waals surface area contributed by atoms with Gasteiger partial charge in [0.25, 0.3) is 11.5 Å². The molecule has 1 aromatic carbocycles. The summed E-state index contributed by atoms with van der Waals surface area (Å²) in [7, 11) is 1.68. The minimum absolute atomic E-state index is 0.153. The number of carbonyl (C=O) groups is 1. The van der Waals surface area contributed by atoms with Crippen LogP contribution in [0.3, 0.4) is 0 Å². The first kappa shape index (κ1) is 21.8. The molecule has 0 spiro atoms. The van der Waals surface area contributed by atoms with Crippen LogP contribution in [0.2, 0.25) is 0 Å². The number of benzene rings is 1. The molecule has 0 aliphatic rings. The van der Waals surface area contributed by atoms with E-state index in [-0.39, 0.29) is 23.7 Å². The fourth-order valence-corrected chi connectivity index (χ4v) is 4.70. The Morgan fingerprint density at radius 3 is 2.82 bits per heavy atom. The summed E-state index contributed by atoms with van der Waals surface area (Å²) >= 11 is 1.34. The van der Waals surface area contributed by atoms with Crippen LogP contribution in [0.4, 0.5) is 0 Å². The third-order valence-electron chi connectivity index (χ3n) is 5.69. The van der Waals surface area contributed by atoms with Gasteiger partial charge in [-0.2, -0.15) is 0 Å². The molecule has 0 saturated heterocycles. The SMILES string of the molecule is CCCN(Cc1nc2ccsc2c(=O)[nH]1)C(=O)c1cccc(-c2cnc3[nH]c(=O)n(C)c3c2)c1.